The van der Waals surface area contributed by atoms with Crippen LogP contribution in [0.3, 0.4) is 0 Å². The van der Waals surface area contributed by atoms with Crippen molar-refractivity contribution in [1.29, 1.82) is 0 Å². The van der Waals surface area contributed by atoms with Crippen LogP contribution in [0, 0.1) is 0 Å². The number of nitrogens with one attached hydrogen (secondary N) is 1. The standard InChI is InChI=1S/C17H27N3O/c1-3-20(4-2)16-13-14(11-12-18-16)9-10-17(21)19-15-7-5-6-8-15/h11-13,15H,3-10H2,1-2H3,(H,19,21). The SMILES string of the molecule is CCN(CC)c1cc(CCC(=O)NC2CCCC2)ccn1. The van der Waals surface area contributed by atoms with Crippen molar-refractivity contribution < 1.29 is 4.79 Å². The second-order valence-corrected chi connectivity index (χ2v) is 5.74. The molecule has 0 aliphatic heterocycles. The minimum absolute atomic E-state index is 0.183. The third-order valence-corrected chi connectivity index (χ3v) is 4.26. The first kappa shape index (κ1) is 15.8. The number of nitrogens with zero attached hydrogens (tertiary/aromatic N) is 2. The number of amides is 1. The molecule has 21 heavy (non-hydrogen) atoms. The van der Waals surface area contributed by atoms with Crippen molar-refractivity contribution in [1.82, 2.24) is 10.3 Å². The van der Waals surface area contributed by atoms with E-state index in [1.54, 1.807) is 0 Å². The number of aromatic nitrogens is 1. The Hall–Kier alpha value is -1.58. The van der Waals surface area contributed by atoms with Crippen LogP contribution >= 0.6 is 0 Å². The molecule has 1 aromatic rings. The lowest BCUT2D eigenvalue weighted by Crippen LogP contribution is -2.32. The summed E-state index contributed by atoms with van der Waals surface area (Å²) in [7, 11) is 0. The Kier molecular flexibility index (Phi) is 6.03. The molecule has 1 aromatic heterocycles. The lowest BCUT2D eigenvalue weighted by Gasteiger charge is -2.20. The first-order valence-corrected chi connectivity index (χ1v) is 8.22. The van der Waals surface area contributed by atoms with Crippen LogP contribution in [0.2, 0.25) is 0 Å². The summed E-state index contributed by atoms with van der Waals surface area (Å²) in [6.07, 6.45) is 8.00. The Morgan fingerprint density at radius 3 is 2.71 bits per heavy atom. The van der Waals surface area contributed by atoms with Crippen molar-refractivity contribution in [2.24, 2.45) is 0 Å². The molecule has 1 heterocycles. The molecular weight excluding hydrogens is 262 g/mol. The zero-order valence-electron chi connectivity index (χ0n) is 13.3. The van der Waals surface area contributed by atoms with Crippen molar-refractivity contribution >= 4 is 11.7 Å². The maximum absolute atomic E-state index is 12.0. The highest BCUT2D eigenvalue weighted by molar-refractivity contribution is 5.76. The van der Waals surface area contributed by atoms with Gasteiger partial charge in [-0.05, 0) is 50.8 Å². The van der Waals surface area contributed by atoms with E-state index in [-0.39, 0.29) is 5.91 Å². The van der Waals surface area contributed by atoms with E-state index in [0.717, 1.165) is 38.2 Å². The van der Waals surface area contributed by atoms with Gasteiger partial charge < -0.3 is 10.2 Å². The maximum Gasteiger partial charge on any atom is 0.220 e. The summed E-state index contributed by atoms with van der Waals surface area (Å²) in [5.41, 5.74) is 1.19. The number of hydrogen-bond donors (Lipinski definition) is 1. The van der Waals surface area contributed by atoms with Gasteiger partial charge in [-0.2, -0.15) is 0 Å². The summed E-state index contributed by atoms with van der Waals surface area (Å²) in [4.78, 5) is 18.6. The molecule has 1 saturated carbocycles. The zero-order valence-corrected chi connectivity index (χ0v) is 13.3. The van der Waals surface area contributed by atoms with Crippen LogP contribution in [0.15, 0.2) is 18.3 Å². The van der Waals surface area contributed by atoms with Crippen molar-refractivity contribution in [3.05, 3.63) is 23.9 Å². The Morgan fingerprint density at radius 1 is 1.33 bits per heavy atom. The molecular formula is C17H27N3O. The second-order valence-electron chi connectivity index (χ2n) is 5.74. The van der Waals surface area contributed by atoms with E-state index in [1.165, 1.54) is 18.4 Å². The number of anilines is 1. The lowest BCUT2D eigenvalue weighted by molar-refractivity contribution is -0.121. The van der Waals surface area contributed by atoms with Crippen LogP contribution in [0.4, 0.5) is 5.82 Å². The molecule has 0 spiro atoms. The molecule has 0 atom stereocenters. The molecule has 4 heteroatoms. The molecule has 1 aliphatic rings. The molecule has 1 N–H and O–H groups in total. The van der Waals surface area contributed by atoms with E-state index in [1.807, 2.05) is 12.3 Å². The Labute approximate surface area is 127 Å². The summed E-state index contributed by atoms with van der Waals surface area (Å²) in [6, 6.07) is 4.53. The van der Waals surface area contributed by atoms with Gasteiger partial charge in [0, 0.05) is 31.7 Å². The summed E-state index contributed by atoms with van der Waals surface area (Å²) in [5, 5.41) is 3.14. The number of carbonyl (C=O) groups excluding carboxylic acids is 1. The molecule has 1 amide bonds. The van der Waals surface area contributed by atoms with E-state index in [4.69, 9.17) is 0 Å². The summed E-state index contributed by atoms with van der Waals surface area (Å²) in [6.45, 7) is 6.17. The van der Waals surface area contributed by atoms with Crippen LogP contribution in [-0.2, 0) is 11.2 Å². The maximum atomic E-state index is 12.0. The van der Waals surface area contributed by atoms with Crippen molar-refractivity contribution in [3.8, 4) is 0 Å². The predicted molar refractivity (Wildman–Crippen MR) is 86.5 cm³/mol. The van der Waals surface area contributed by atoms with E-state index in [9.17, 15) is 4.79 Å². The van der Waals surface area contributed by atoms with Crippen molar-refractivity contribution in [2.75, 3.05) is 18.0 Å². The molecule has 0 aromatic carbocycles. The van der Waals surface area contributed by atoms with Gasteiger partial charge in [-0.25, -0.2) is 4.98 Å². The third-order valence-electron chi connectivity index (χ3n) is 4.26. The highest BCUT2D eigenvalue weighted by Crippen LogP contribution is 2.18. The van der Waals surface area contributed by atoms with Gasteiger partial charge in [0.2, 0.25) is 5.91 Å². The first-order valence-electron chi connectivity index (χ1n) is 8.22. The zero-order chi connectivity index (χ0) is 15.1. The van der Waals surface area contributed by atoms with E-state index >= 15 is 0 Å². The number of aryl methyl sites for hydroxylation is 1. The summed E-state index contributed by atoms with van der Waals surface area (Å²) >= 11 is 0. The number of pyridine rings is 1. The lowest BCUT2D eigenvalue weighted by atomic mass is 10.1. The molecule has 2 rings (SSSR count). The molecule has 4 nitrogen and oxygen atoms in total. The highest BCUT2D eigenvalue weighted by Gasteiger charge is 2.16. The Balaban J connectivity index is 1.84. The number of rotatable bonds is 7. The van der Waals surface area contributed by atoms with Gasteiger partial charge in [-0.15, -0.1) is 0 Å². The van der Waals surface area contributed by atoms with Gasteiger partial charge in [0.05, 0.1) is 0 Å². The molecule has 0 saturated heterocycles. The monoisotopic (exact) mass is 289 g/mol. The largest absolute Gasteiger partial charge is 0.357 e. The highest BCUT2D eigenvalue weighted by atomic mass is 16.1. The van der Waals surface area contributed by atoms with Gasteiger partial charge >= 0.3 is 0 Å². The van der Waals surface area contributed by atoms with Crippen LogP contribution in [0.1, 0.15) is 51.5 Å². The van der Waals surface area contributed by atoms with Gasteiger partial charge in [-0.3, -0.25) is 4.79 Å². The van der Waals surface area contributed by atoms with Gasteiger partial charge in [0.25, 0.3) is 0 Å². The quantitative estimate of drug-likeness (QED) is 0.839. The molecule has 116 valence electrons. The normalized spacial score (nSPS) is 15.1. The van der Waals surface area contributed by atoms with Crippen LogP contribution in [0.5, 0.6) is 0 Å². The molecule has 0 bridgehead atoms. The van der Waals surface area contributed by atoms with Crippen molar-refractivity contribution in [2.45, 2.75) is 58.4 Å². The number of hydrogen-bond acceptors (Lipinski definition) is 3. The summed E-state index contributed by atoms with van der Waals surface area (Å²) < 4.78 is 0. The molecule has 0 radical (unpaired) electrons. The fourth-order valence-electron chi connectivity index (χ4n) is 2.96. The Bertz CT molecular complexity index is 451. The Morgan fingerprint density at radius 2 is 2.05 bits per heavy atom. The van der Waals surface area contributed by atoms with Gasteiger partial charge in [-0.1, -0.05) is 12.8 Å². The molecule has 1 fully saturated rings. The van der Waals surface area contributed by atoms with Gasteiger partial charge in [0.15, 0.2) is 0 Å². The number of carbonyl (C=O) groups is 1. The predicted octanol–water partition coefficient (Wildman–Crippen LogP) is 2.92. The van der Waals surface area contributed by atoms with E-state index < -0.39 is 0 Å². The topological polar surface area (TPSA) is 45.2 Å². The second kappa shape index (κ2) is 8.01. The fraction of sp³-hybridized carbons (Fsp3) is 0.647. The minimum atomic E-state index is 0.183. The van der Waals surface area contributed by atoms with Gasteiger partial charge in [0.1, 0.15) is 5.82 Å². The fourth-order valence-corrected chi connectivity index (χ4v) is 2.96. The molecule has 1 aliphatic carbocycles. The average molecular weight is 289 g/mol. The molecule has 0 unspecified atom stereocenters. The van der Waals surface area contributed by atoms with E-state index in [0.29, 0.717) is 12.5 Å². The smallest absolute Gasteiger partial charge is 0.220 e. The van der Waals surface area contributed by atoms with Crippen LogP contribution < -0.4 is 10.2 Å². The van der Waals surface area contributed by atoms with Crippen molar-refractivity contribution in [3.63, 3.8) is 0 Å². The third kappa shape index (κ3) is 4.73. The average Bonchev–Trinajstić information content (AvgIpc) is 3.00. The van der Waals surface area contributed by atoms with Crippen LogP contribution in [0.25, 0.3) is 0 Å². The van der Waals surface area contributed by atoms with Crippen LogP contribution in [-0.4, -0.2) is 30.0 Å². The summed E-state index contributed by atoms with van der Waals surface area (Å²) in [5.74, 6) is 1.19. The minimum Gasteiger partial charge on any atom is -0.357 e. The first-order chi connectivity index (χ1) is 10.2. The van der Waals surface area contributed by atoms with E-state index in [2.05, 4.69) is 35.1 Å².